The molecule has 1 atom stereocenters. The molecule has 0 radical (unpaired) electrons. The molecule has 0 aliphatic heterocycles. The molecule has 0 aromatic heterocycles. The summed E-state index contributed by atoms with van der Waals surface area (Å²) in [5.74, 6) is 0.672. The smallest absolute Gasteiger partial charge is 0.319 e. The first-order valence-corrected chi connectivity index (χ1v) is 9.15. The van der Waals surface area contributed by atoms with Crippen LogP contribution in [-0.2, 0) is 24.9 Å². The zero-order valence-electron chi connectivity index (χ0n) is 15.0. The number of carbonyl (C=O) groups is 1. The van der Waals surface area contributed by atoms with Crippen LogP contribution in [0.15, 0.2) is 36.4 Å². The third-order valence-electron chi connectivity index (χ3n) is 5.57. The van der Waals surface area contributed by atoms with E-state index < -0.39 is 5.60 Å². The summed E-state index contributed by atoms with van der Waals surface area (Å²) in [7, 11) is 1.61. The average Bonchev–Trinajstić information content (AvgIpc) is 3.26. The molecule has 0 fully saturated rings. The van der Waals surface area contributed by atoms with Gasteiger partial charge in [-0.15, -0.1) is 0 Å². The number of aryl methyl sites for hydroxylation is 2. The standard InChI is InChI=1S/C21H24N2O3/c1-26-18-10-9-14-6-4-7-16(14)19(18)23-20(24)22-13-21(25)12-11-15-5-2-3-8-17(15)21/h2-3,5,8-10,25H,4,6-7,11-13H2,1H3,(H2,22,23,24). The van der Waals surface area contributed by atoms with Gasteiger partial charge in [0.25, 0.3) is 0 Å². The van der Waals surface area contributed by atoms with Gasteiger partial charge in [0.15, 0.2) is 0 Å². The number of amides is 2. The van der Waals surface area contributed by atoms with Gasteiger partial charge < -0.3 is 20.5 Å². The van der Waals surface area contributed by atoms with E-state index in [0.29, 0.717) is 12.2 Å². The van der Waals surface area contributed by atoms with Crippen LogP contribution in [0.5, 0.6) is 5.75 Å². The van der Waals surface area contributed by atoms with Crippen molar-refractivity contribution in [1.82, 2.24) is 5.32 Å². The summed E-state index contributed by atoms with van der Waals surface area (Å²) in [4.78, 5) is 12.5. The van der Waals surface area contributed by atoms with Crippen LogP contribution in [0.4, 0.5) is 10.5 Å². The first kappa shape index (κ1) is 16.9. The third kappa shape index (κ3) is 2.92. The molecule has 0 saturated heterocycles. The van der Waals surface area contributed by atoms with Crippen LogP contribution in [-0.4, -0.2) is 24.8 Å². The van der Waals surface area contributed by atoms with Gasteiger partial charge in [0.2, 0.25) is 0 Å². The van der Waals surface area contributed by atoms with Crippen LogP contribution in [0.3, 0.4) is 0 Å². The van der Waals surface area contributed by atoms with Gasteiger partial charge in [-0.25, -0.2) is 4.79 Å². The number of anilines is 1. The van der Waals surface area contributed by atoms with Crippen molar-refractivity contribution >= 4 is 11.7 Å². The Balaban J connectivity index is 1.47. The highest BCUT2D eigenvalue weighted by atomic mass is 16.5. The van der Waals surface area contributed by atoms with Gasteiger partial charge in [0.1, 0.15) is 11.4 Å². The van der Waals surface area contributed by atoms with E-state index in [1.807, 2.05) is 30.3 Å². The quantitative estimate of drug-likeness (QED) is 0.792. The van der Waals surface area contributed by atoms with Crippen LogP contribution in [0.25, 0.3) is 0 Å². The zero-order chi connectivity index (χ0) is 18.1. The Hall–Kier alpha value is -2.53. The van der Waals surface area contributed by atoms with E-state index in [4.69, 9.17) is 4.74 Å². The van der Waals surface area contributed by atoms with Crippen molar-refractivity contribution in [3.8, 4) is 5.75 Å². The lowest BCUT2D eigenvalue weighted by atomic mass is 9.96. The number of methoxy groups -OCH3 is 1. The molecule has 0 bridgehead atoms. The molecular formula is C21H24N2O3. The number of aliphatic hydroxyl groups is 1. The highest BCUT2D eigenvalue weighted by molar-refractivity contribution is 5.92. The third-order valence-corrected chi connectivity index (χ3v) is 5.57. The fraction of sp³-hybridized carbons (Fsp3) is 0.381. The van der Waals surface area contributed by atoms with E-state index in [-0.39, 0.29) is 12.6 Å². The molecule has 2 aromatic rings. The van der Waals surface area contributed by atoms with Gasteiger partial charge in [0, 0.05) is 0 Å². The number of ether oxygens (including phenoxy) is 1. The van der Waals surface area contributed by atoms with Gasteiger partial charge in [-0.2, -0.15) is 0 Å². The van der Waals surface area contributed by atoms with Crippen LogP contribution in [0.2, 0.25) is 0 Å². The number of benzene rings is 2. The molecule has 2 aliphatic rings. The van der Waals surface area contributed by atoms with Gasteiger partial charge in [0.05, 0.1) is 19.3 Å². The Bertz CT molecular complexity index is 849. The SMILES string of the molecule is COc1ccc2c(c1NC(=O)NCC1(O)CCc3ccccc31)CCC2. The van der Waals surface area contributed by atoms with Crippen molar-refractivity contribution in [1.29, 1.82) is 0 Å². The van der Waals surface area contributed by atoms with Crippen LogP contribution >= 0.6 is 0 Å². The van der Waals surface area contributed by atoms with Crippen LogP contribution in [0, 0.1) is 0 Å². The average molecular weight is 352 g/mol. The number of hydrogen-bond acceptors (Lipinski definition) is 3. The number of urea groups is 1. The second kappa shape index (κ2) is 6.65. The van der Waals surface area contributed by atoms with Crippen molar-refractivity contribution in [3.63, 3.8) is 0 Å². The second-order valence-corrected chi connectivity index (χ2v) is 7.13. The molecule has 2 aromatic carbocycles. The molecule has 3 N–H and O–H groups in total. The van der Waals surface area contributed by atoms with Gasteiger partial charge in [-0.3, -0.25) is 0 Å². The molecule has 136 valence electrons. The molecule has 0 spiro atoms. The van der Waals surface area contributed by atoms with E-state index in [2.05, 4.69) is 16.7 Å². The maximum atomic E-state index is 12.5. The second-order valence-electron chi connectivity index (χ2n) is 7.13. The molecular weight excluding hydrogens is 328 g/mol. The molecule has 0 saturated carbocycles. The summed E-state index contributed by atoms with van der Waals surface area (Å²) in [5, 5.41) is 16.7. The largest absolute Gasteiger partial charge is 0.495 e. The Morgan fingerprint density at radius 2 is 2.00 bits per heavy atom. The van der Waals surface area contributed by atoms with E-state index in [1.165, 1.54) is 5.56 Å². The van der Waals surface area contributed by atoms with Crippen molar-refractivity contribution in [2.24, 2.45) is 0 Å². The van der Waals surface area contributed by atoms with Crippen molar-refractivity contribution < 1.29 is 14.6 Å². The monoisotopic (exact) mass is 352 g/mol. The Labute approximate surface area is 153 Å². The predicted molar refractivity (Wildman–Crippen MR) is 101 cm³/mol. The topological polar surface area (TPSA) is 70.6 Å². The molecule has 2 amide bonds. The molecule has 0 heterocycles. The Morgan fingerprint density at radius 1 is 1.15 bits per heavy atom. The molecule has 5 nitrogen and oxygen atoms in total. The maximum absolute atomic E-state index is 12.5. The van der Waals surface area contributed by atoms with Gasteiger partial charge >= 0.3 is 6.03 Å². The summed E-state index contributed by atoms with van der Waals surface area (Å²) >= 11 is 0. The van der Waals surface area contributed by atoms with E-state index in [9.17, 15) is 9.90 Å². The minimum atomic E-state index is -1.00. The van der Waals surface area contributed by atoms with Gasteiger partial charge in [-0.1, -0.05) is 30.3 Å². The Kier molecular flexibility index (Phi) is 4.32. The van der Waals surface area contributed by atoms with Crippen molar-refractivity contribution in [2.75, 3.05) is 19.0 Å². The van der Waals surface area contributed by atoms with E-state index in [1.54, 1.807) is 7.11 Å². The molecule has 4 rings (SSSR count). The summed E-state index contributed by atoms with van der Waals surface area (Å²) in [6, 6.07) is 11.5. The summed E-state index contributed by atoms with van der Waals surface area (Å²) in [5.41, 5.74) is 4.24. The van der Waals surface area contributed by atoms with Crippen molar-refractivity contribution in [2.45, 2.75) is 37.7 Å². The highest BCUT2D eigenvalue weighted by Crippen LogP contribution is 2.37. The van der Waals surface area contributed by atoms with Crippen LogP contribution in [0.1, 0.15) is 35.1 Å². The molecule has 5 heteroatoms. The number of nitrogens with one attached hydrogen (secondary N) is 2. The molecule has 1 unspecified atom stereocenters. The zero-order valence-corrected chi connectivity index (χ0v) is 15.0. The first-order chi connectivity index (χ1) is 12.6. The minimum absolute atomic E-state index is 0.188. The summed E-state index contributed by atoms with van der Waals surface area (Å²) in [6.45, 7) is 0.188. The molecule has 26 heavy (non-hydrogen) atoms. The normalized spacial score (nSPS) is 20.4. The lowest BCUT2D eigenvalue weighted by Crippen LogP contribution is -2.41. The maximum Gasteiger partial charge on any atom is 0.319 e. The predicted octanol–water partition coefficient (Wildman–Crippen LogP) is 3.14. The fourth-order valence-corrected chi connectivity index (χ4v) is 4.19. The number of carbonyl (C=O) groups excluding carboxylic acids is 1. The lowest BCUT2D eigenvalue weighted by molar-refractivity contribution is 0.0417. The van der Waals surface area contributed by atoms with Gasteiger partial charge in [-0.05, 0) is 60.4 Å². The minimum Gasteiger partial charge on any atom is -0.495 e. The summed E-state index contributed by atoms with van der Waals surface area (Å²) in [6.07, 6.45) is 4.52. The first-order valence-electron chi connectivity index (χ1n) is 9.15. The highest BCUT2D eigenvalue weighted by Gasteiger charge is 2.36. The van der Waals surface area contributed by atoms with Crippen LogP contribution < -0.4 is 15.4 Å². The lowest BCUT2D eigenvalue weighted by Gasteiger charge is -2.25. The van der Waals surface area contributed by atoms with Crippen molar-refractivity contribution in [3.05, 3.63) is 58.7 Å². The fourth-order valence-electron chi connectivity index (χ4n) is 4.19. The van der Waals surface area contributed by atoms with E-state index in [0.717, 1.165) is 48.1 Å². The number of fused-ring (bicyclic) bond motifs is 2. The number of rotatable bonds is 4. The van der Waals surface area contributed by atoms with E-state index >= 15 is 0 Å². The summed E-state index contributed by atoms with van der Waals surface area (Å²) < 4.78 is 5.42. The molecule has 2 aliphatic carbocycles. The number of hydrogen-bond donors (Lipinski definition) is 3. The Morgan fingerprint density at radius 3 is 2.85 bits per heavy atom.